The molecule has 1 heterocycles. The van der Waals surface area contributed by atoms with Crippen molar-refractivity contribution in [2.45, 2.75) is 0 Å². The van der Waals surface area contributed by atoms with Gasteiger partial charge < -0.3 is 5.11 Å². The number of hydrogen-bond acceptors (Lipinski definition) is 2. The van der Waals surface area contributed by atoms with Gasteiger partial charge in [-0.1, -0.05) is 30.3 Å². The Kier molecular flexibility index (Phi) is 2.91. The largest absolute Gasteiger partial charge is 0.476 e. The van der Waals surface area contributed by atoms with Crippen molar-refractivity contribution in [3.05, 3.63) is 66.1 Å². The number of carboxylic acid groups (broad SMARTS) is 1. The van der Waals surface area contributed by atoms with Gasteiger partial charge in [-0.3, -0.25) is 0 Å². The van der Waals surface area contributed by atoms with Crippen LogP contribution >= 0.6 is 0 Å². The Morgan fingerprint density at radius 2 is 1.75 bits per heavy atom. The van der Waals surface area contributed by atoms with Gasteiger partial charge >= 0.3 is 5.97 Å². The molecular weight excluding hydrogens is 257 g/mol. The highest BCUT2D eigenvalue weighted by atomic mass is 19.1. The highest BCUT2D eigenvalue weighted by Gasteiger charge is 2.15. The van der Waals surface area contributed by atoms with E-state index in [1.54, 1.807) is 30.3 Å². The number of nitrogens with zero attached hydrogens (tertiary/aromatic N) is 1. The Labute approximate surface area is 114 Å². The minimum absolute atomic E-state index is 0.0321. The Balaban J connectivity index is 2.29. The maximum absolute atomic E-state index is 13.0. The van der Waals surface area contributed by atoms with Crippen LogP contribution in [0.15, 0.2) is 54.6 Å². The average molecular weight is 267 g/mol. The normalized spacial score (nSPS) is 10.7. The van der Waals surface area contributed by atoms with Gasteiger partial charge in [-0.25, -0.2) is 14.2 Å². The summed E-state index contributed by atoms with van der Waals surface area (Å²) in [7, 11) is 0. The predicted octanol–water partition coefficient (Wildman–Crippen LogP) is 3.74. The smallest absolute Gasteiger partial charge is 0.355 e. The summed E-state index contributed by atoms with van der Waals surface area (Å²) in [6, 6.07) is 14.8. The summed E-state index contributed by atoms with van der Waals surface area (Å²) < 4.78 is 13.0. The van der Waals surface area contributed by atoms with Crippen LogP contribution in [0.2, 0.25) is 0 Å². The molecule has 0 radical (unpaired) electrons. The molecule has 0 atom stereocenters. The van der Waals surface area contributed by atoms with Crippen molar-refractivity contribution in [3.8, 4) is 11.1 Å². The number of carbonyl (C=O) groups is 1. The Hall–Kier alpha value is -2.75. The number of halogens is 1. The maximum atomic E-state index is 13.0. The molecule has 0 amide bonds. The van der Waals surface area contributed by atoms with E-state index in [1.807, 2.05) is 12.1 Å². The number of hydrogen-bond donors (Lipinski definition) is 1. The van der Waals surface area contributed by atoms with Crippen molar-refractivity contribution >= 4 is 16.9 Å². The summed E-state index contributed by atoms with van der Waals surface area (Å²) in [5.74, 6) is -1.46. The molecule has 3 nitrogen and oxygen atoms in total. The van der Waals surface area contributed by atoms with Crippen LogP contribution in [0.5, 0.6) is 0 Å². The third-order valence-corrected chi connectivity index (χ3v) is 3.08. The Morgan fingerprint density at radius 3 is 2.45 bits per heavy atom. The van der Waals surface area contributed by atoms with Crippen molar-refractivity contribution < 1.29 is 14.3 Å². The van der Waals surface area contributed by atoms with E-state index in [9.17, 15) is 14.3 Å². The number of pyridine rings is 1. The van der Waals surface area contributed by atoms with E-state index in [1.165, 1.54) is 12.1 Å². The van der Waals surface area contributed by atoms with E-state index in [-0.39, 0.29) is 11.5 Å². The second kappa shape index (κ2) is 4.74. The first-order chi connectivity index (χ1) is 9.65. The van der Waals surface area contributed by atoms with Crippen LogP contribution in [-0.2, 0) is 0 Å². The molecule has 0 saturated carbocycles. The number of rotatable bonds is 2. The van der Waals surface area contributed by atoms with Gasteiger partial charge in [0, 0.05) is 10.9 Å². The number of para-hydroxylation sites is 1. The quantitative estimate of drug-likeness (QED) is 0.769. The van der Waals surface area contributed by atoms with E-state index in [4.69, 9.17) is 0 Å². The molecule has 0 fully saturated rings. The maximum Gasteiger partial charge on any atom is 0.355 e. The summed E-state index contributed by atoms with van der Waals surface area (Å²) in [6.07, 6.45) is 0. The second-order valence-electron chi connectivity index (χ2n) is 4.39. The molecule has 0 bridgehead atoms. The zero-order chi connectivity index (χ0) is 14.1. The topological polar surface area (TPSA) is 50.2 Å². The molecule has 0 aliphatic rings. The van der Waals surface area contributed by atoms with Gasteiger partial charge in [0.25, 0.3) is 0 Å². The van der Waals surface area contributed by atoms with Crippen LogP contribution in [-0.4, -0.2) is 16.1 Å². The summed E-state index contributed by atoms with van der Waals surface area (Å²) in [5, 5.41) is 10.1. The minimum atomic E-state index is -1.10. The second-order valence-corrected chi connectivity index (χ2v) is 4.39. The fourth-order valence-corrected chi connectivity index (χ4v) is 2.13. The van der Waals surface area contributed by atoms with Gasteiger partial charge in [0.05, 0.1) is 5.52 Å². The zero-order valence-corrected chi connectivity index (χ0v) is 10.4. The lowest BCUT2D eigenvalue weighted by Gasteiger charge is -2.08. The minimum Gasteiger partial charge on any atom is -0.476 e. The van der Waals surface area contributed by atoms with Crippen molar-refractivity contribution in [1.29, 1.82) is 0 Å². The van der Waals surface area contributed by atoms with Crippen LogP contribution in [0.1, 0.15) is 10.5 Å². The average Bonchev–Trinajstić information content (AvgIpc) is 2.46. The number of aromatic nitrogens is 1. The molecule has 1 aromatic heterocycles. The summed E-state index contributed by atoms with van der Waals surface area (Å²) in [4.78, 5) is 15.5. The summed E-state index contributed by atoms with van der Waals surface area (Å²) in [5.41, 5.74) is 1.70. The lowest BCUT2D eigenvalue weighted by molar-refractivity contribution is 0.0692. The third kappa shape index (κ3) is 2.12. The first-order valence-electron chi connectivity index (χ1n) is 6.04. The summed E-state index contributed by atoms with van der Waals surface area (Å²) in [6.45, 7) is 0. The van der Waals surface area contributed by atoms with Gasteiger partial charge in [-0.05, 0) is 29.8 Å². The van der Waals surface area contributed by atoms with Gasteiger partial charge in [0.15, 0.2) is 5.69 Å². The molecule has 0 saturated heterocycles. The number of fused-ring (bicyclic) bond motifs is 1. The Bertz CT molecular complexity index is 797. The highest BCUT2D eigenvalue weighted by molar-refractivity contribution is 5.98. The van der Waals surface area contributed by atoms with Gasteiger partial charge in [-0.15, -0.1) is 0 Å². The van der Waals surface area contributed by atoms with Gasteiger partial charge in [0.1, 0.15) is 5.82 Å². The van der Waals surface area contributed by atoms with Crippen LogP contribution in [0, 0.1) is 5.82 Å². The molecule has 0 aliphatic carbocycles. The zero-order valence-electron chi connectivity index (χ0n) is 10.4. The highest BCUT2D eigenvalue weighted by Crippen LogP contribution is 2.26. The number of benzene rings is 2. The van der Waals surface area contributed by atoms with E-state index < -0.39 is 5.97 Å². The first kappa shape index (κ1) is 12.3. The molecule has 98 valence electrons. The molecule has 1 N–H and O–H groups in total. The van der Waals surface area contributed by atoms with Gasteiger partial charge in [0.2, 0.25) is 0 Å². The SMILES string of the molecule is O=C(O)c1nc2ccccc2cc1-c1ccc(F)cc1. The standard InChI is InChI=1S/C16H10FNO2/c17-12-7-5-10(6-8-12)13-9-11-3-1-2-4-14(11)18-15(13)16(19)20/h1-9H,(H,19,20). The molecule has 2 aromatic carbocycles. The van der Waals surface area contributed by atoms with Crippen LogP contribution in [0.3, 0.4) is 0 Å². The lowest BCUT2D eigenvalue weighted by Crippen LogP contribution is -2.03. The van der Waals surface area contributed by atoms with Gasteiger partial charge in [-0.2, -0.15) is 0 Å². The summed E-state index contributed by atoms with van der Waals surface area (Å²) >= 11 is 0. The van der Waals surface area contributed by atoms with Crippen molar-refractivity contribution in [2.75, 3.05) is 0 Å². The third-order valence-electron chi connectivity index (χ3n) is 3.08. The van der Waals surface area contributed by atoms with E-state index >= 15 is 0 Å². The fourth-order valence-electron chi connectivity index (χ4n) is 2.13. The van der Waals surface area contributed by atoms with Crippen molar-refractivity contribution in [1.82, 2.24) is 4.98 Å². The molecular formula is C16H10FNO2. The fraction of sp³-hybridized carbons (Fsp3) is 0. The molecule has 3 aromatic rings. The van der Waals surface area contributed by atoms with Crippen LogP contribution in [0.4, 0.5) is 4.39 Å². The lowest BCUT2D eigenvalue weighted by atomic mass is 10.0. The van der Waals surface area contributed by atoms with Crippen LogP contribution in [0.25, 0.3) is 22.0 Å². The number of carboxylic acids is 1. The molecule has 20 heavy (non-hydrogen) atoms. The van der Waals surface area contributed by atoms with E-state index in [0.29, 0.717) is 16.6 Å². The Morgan fingerprint density at radius 1 is 1.05 bits per heavy atom. The number of aromatic carboxylic acids is 1. The molecule has 4 heteroatoms. The van der Waals surface area contributed by atoms with E-state index in [0.717, 1.165) is 5.39 Å². The van der Waals surface area contributed by atoms with Crippen LogP contribution < -0.4 is 0 Å². The molecule has 0 spiro atoms. The molecule has 0 unspecified atom stereocenters. The molecule has 0 aliphatic heterocycles. The first-order valence-corrected chi connectivity index (χ1v) is 6.04. The predicted molar refractivity (Wildman–Crippen MR) is 74.1 cm³/mol. The van der Waals surface area contributed by atoms with E-state index in [2.05, 4.69) is 4.98 Å². The van der Waals surface area contributed by atoms with Crippen molar-refractivity contribution in [2.24, 2.45) is 0 Å². The monoisotopic (exact) mass is 267 g/mol. The van der Waals surface area contributed by atoms with Crippen molar-refractivity contribution in [3.63, 3.8) is 0 Å². The molecule has 3 rings (SSSR count).